The van der Waals surface area contributed by atoms with E-state index in [2.05, 4.69) is 16.1 Å². The fourth-order valence-electron chi connectivity index (χ4n) is 2.38. The van der Waals surface area contributed by atoms with Gasteiger partial charge in [-0.15, -0.1) is 0 Å². The Labute approximate surface area is 159 Å². The van der Waals surface area contributed by atoms with Gasteiger partial charge in [0.15, 0.2) is 0 Å². The van der Waals surface area contributed by atoms with Crippen LogP contribution in [0, 0.1) is 5.82 Å². The molecule has 0 radical (unpaired) electrons. The van der Waals surface area contributed by atoms with Gasteiger partial charge in [-0.2, -0.15) is 8.42 Å². The SMILES string of the molecule is C=CC(=O)NCc1ccc2cc(C(=O)OS(=O)(=O)c3ccccc3F)oc2c1. The summed E-state index contributed by atoms with van der Waals surface area (Å²) in [6, 6.07) is 10.8. The highest BCUT2D eigenvalue weighted by Gasteiger charge is 2.26. The number of hydrogen-bond donors (Lipinski definition) is 1. The van der Waals surface area contributed by atoms with Crippen molar-refractivity contribution in [2.24, 2.45) is 0 Å². The number of fused-ring (bicyclic) bond motifs is 1. The summed E-state index contributed by atoms with van der Waals surface area (Å²) in [5.41, 5.74) is 0.983. The first-order valence-electron chi connectivity index (χ1n) is 7.96. The molecule has 0 aliphatic carbocycles. The van der Waals surface area contributed by atoms with Crippen molar-refractivity contribution in [3.63, 3.8) is 0 Å². The third-order valence-electron chi connectivity index (χ3n) is 3.73. The summed E-state index contributed by atoms with van der Waals surface area (Å²) < 4.78 is 47.7. The second-order valence-corrected chi connectivity index (χ2v) is 7.17. The minimum atomic E-state index is -4.65. The van der Waals surface area contributed by atoms with E-state index in [9.17, 15) is 22.4 Å². The first-order chi connectivity index (χ1) is 13.3. The van der Waals surface area contributed by atoms with E-state index in [-0.39, 0.29) is 18.2 Å². The van der Waals surface area contributed by atoms with Gasteiger partial charge in [0.05, 0.1) is 0 Å². The van der Waals surface area contributed by atoms with Gasteiger partial charge >= 0.3 is 16.1 Å². The highest BCUT2D eigenvalue weighted by molar-refractivity contribution is 7.87. The fraction of sp³-hybridized carbons (Fsp3) is 0.0526. The number of amides is 1. The number of halogens is 1. The number of benzene rings is 2. The number of furan rings is 1. The molecule has 0 atom stereocenters. The van der Waals surface area contributed by atoms with Gasteiger partial charge in [0.1, 0.15) is 16.3 Å². The second kappa shape index (κ2) is 7.65. The molecule has 0 saturated heterocycles. The van der Waals surface area contributed by atoms with Crippen molar-refractivity contribution in [3.05, 3.63) is 78.3 Å². The van der Waals surface area contributed by atoms with E-state index in [1.807, 2.05) is 0 Å². The molecule has 1 amide bonds. The molecule has 7 nitrogen and oxygen atoms in total. The van der Waals surface area contributed by atoms with Gasteiger partial charge in [-0.05, 0) is 35.9 Å². The maximum absolute atomic E-state index is 13.7. The smallest absolute Gasteiger partial charge is 0.389 e. The Bertz CT molecular complexity index is 1180. The Hall–Kier alpha value is -3.46. The van der Waals surface area contributed by atoms with Gasteiger partial charge in [-0.25, -0.2) is 9.18 Å². The summed E-state index contributed by atoms with van der Waals surface area (Å²) in [5, 5.41) is 3.11. The molecule has 1 N–H and O–H groups in total. The number of nitrogens with one attached hydrogen (secondary N) is 1. The van der Waals surface area contributed by atoms with Crippen LogP contribution in [0.15, 0.2) is 70.5 Å². The standard InChI is InChI=1S/C19H14FNO6S/c1-2-18(22)21-11-12-7-8-13-10-16(26-15(13)9-12)19(23)27-28(24,25)17-6-4-3-5-14(17)20/h2-10H,1,11H2,(H,21,22). The van der Waals surface area contributed by atoms with Crippen LogP contribution in [0.25, 0.3) is 11.0 Å². The summed E-state index contributed by atoms with van der Waals surface area (Å²) >= 11 is 0. The molecule has 144 valence electrons. The Morgan fingerprint density at radius 1 is 1.18 bits per heavy atom. The van der Waals surface area contributed by atoms with Crippen LogP contribution in [0.1, 0.15) is 16.1 Å². The van der Waals surface area contributed by atoms with Crippen LogP contribution in [0.3, 0.4) is 0 Å². The van der Waals surface area contributed by atoms with E-state index in [0.717, 1.165) is 18.2 Å². The largest absolute Gasteiger partial charge is 0.449 e. The van der Waals surface area contributed by atoms with Gasteiger partial charge in [-0.3, -0.25) is 4.79 Å². The topological polar surface area (TPSA) is 103 Å². The zero-order valence-electron chi connectivity index (χ0n) is 14.3. The van der Waals surface area contributed by atoms with Crippen molar-refractivity contribution in [1.29, 1.82) is 0 Å². The zero-order chi connectivity index (χ0) is 20.3. The molecule has 28 heavy (non-hydrogen) atoms. The monoisotopic (exact) mass is 403 g/mol. The number of hydrogen-bond acceptors (Lipinski definition) is 6. The summed E-state index contributed by atoms with van der Waals surface area (Å²) in [5.74, 6) is -3.02. The predicted molar refractivity (Wildman–Crippen MR) is 97.3 cm³/mol. The van der Waals surface area contributed by atoms with Gasteiger partial charge in [0.2, 0.25) is 11.7 Å². The lowest BCUT2D eigenvalue weighted by atomic mass is 10.1. The Kier molecular flexibility index (Phi) is 5.27. The summed E-state index contributed by atoms with van der Waals surface area (Å²) in [6.45, 7) is 3.56. The molecule has 0 unspecified atom stereocenters. The normalized spacial score (nSPS) is 11.2. The first-order valence-corrected chi connectivity index (χ1v) is 9.37. The number of carbonyl (C=O) groups is 2. The van der Waals surface area contributed by atoms with Crippen LogP contribution in [0.2, 0.25) is 0 Å². The van der Waals surface area contributed by atoms with Crippen molar-refractivity contribution in [2.45, 2.75) is 11.4 Å². The molecular weight excluding hydrogens is 389 g/mol. The van der Waals surface area contributed by atoms with E-state index in [0.29, 0.717) is 16.5 Å². The quantitative estimate of drug-likeness (QED) is 0.501. The van der Waals surface area contributed by atoms with Crippen molar-refractivity contribution in [2.75, 3.05) is 0 Å². The van der Waals surface area contributed by atoms with Crippen molar-refractivity contribution >= 4 is 33.0 Å². The van der Waals surface area contributed by atoms with Crippen LogP contribution in [-0.2, 0) is 25.6 Å². The van der Waals surface area contributed by atoms with E-state index >= 15 is 0 Å². The molecule has 1 heterocycles. The predicted octanol–water partition coefficient (Wildman–Crippen LogP) is 2.92. The molecule has 0 saturated carbocycles. The van der Waals surface area contributed by atoms with Crippen LogP contribution in [0.4, 0.5) is 4.39 Å². The molecule has 0 aliphatic heterocycles. The lowest BCUT2D eigenvalue weighted by Gasteiger charge is -2.04. The fourth-order valence-corrected chi connectivity index (χ4v) is 3.30. The van der Waals surface area contributed by atoms with Crippen LogP contribution in [0.5, 0.6) is 0 Å². The maximum atomic E-state index is 13.7. The Balaban J connectivity index is 1.81. The van der Waals surface area contributed by atoms with Gasteiger partial charge in [-0.1, -0.05) is 30.8 Å². The average Bonchev–Trinajstić information content (AvgIpc) is 3.09. The number of carbonyl (C=O) groups excluding carboxylic acids is 2. The van der Waals surface area contributed by atoms with E-state index in [1.165, 1.54) is 18.2 Å². The van der Waals surface area contributed by atoms with Crippen LogP contribution in [-0.4, -0.2) is 20.3 Å². The van der Waals surface area contributed by atoms with E-state index in [4.69, 9.17) is 4.42 Å². The summed E-state index contributed by atoms with van der Waals surface area (Å²) in [6.07, 6.45) is 1.13. The Morgan fingerprint density at radius 2 is 1.93 bits per heavy atom. The molecule has 1 aromatic heterocycles. The summed E-state index contributed by atoms with van der Waals surface area (Å²) in [4.78, 5) is 22.6. The molecule has 3 rings (SSSR count). The highest BCUT2D eigenvalue weighted by Crippen LogP contribution is 2.23. The van der Waals surface area contributed by atoms with Gasteiger partial charge < -0.3 is 13.9 Å². The lowest BCUT2D eigenvalue weighted by Crippen LogP contribution is -2.19. The van der Waals surface area contributed by atoms with Crippen LogP contribution >= 0.6 is 0 Å². The minimum absolute atomic E-state index is 0.211. The van der Waals surface area contributed by atoms with E-state index < -0.39 is 26.8 Å². The van der Waals surface area contributed by atoms with Crippen LogP contribution < -0.4 is 5.32 Å². The van der Waals surface area contributed by atoms with Gasteiger partial charge in [0, 0.05) is 11.9 Å². The van der Waals surface area contributed by atoms with E-state index in [1.54, 1.807) is 18.2 Å². The number of rotatable bonds is 6. The molecule has 0 bridgehead atoms. The second-order valence-electron chi connectivity index (χ2n) is 5.66. The van der Waals surface area contributed by atoms with Crippen molar-refractivity contribution in [1.82, 2.24) is 5.32 Å². The van der Waals surface area contributed by atoms with Crippen molar-refractivity contribution < 1.29 is 31.0 Å². The van der Waals surface area contributed by atoms with Crippen molar-refractivity contribution in [3.8, 4) is 0 Å². The molecule has 0 spiro atoms. The average molecular weight is 403 g/mol. The third kappa shape index (κ3) is 4.09. The first kappa shape index (κ1) is 19.3. The summed E-state index contributed by atoms with van der Waals surface area (Å²) in [7, 11) is -4.65. The molecule has 2 aromatic carbocycles. The lowest BCUT2D eigenvalue weighted by molar-refractivity contribution is -0.116. The molecular formula is C19H14FNO6S. The molecule has 0 aliphatic rings. The highest BCUT2D eigenvalue weighted by atomic mass is 32.2. The molecule has 3 aromatic rings. The third-order valence-corrected chi connectivity index (χ3v) is 4.97. The molecule has 0 fully saturated rings. The zero-order valence-corrected chi connectivity index (χ0v) is 15.2. The van der Waals surface area contributed by atoms with Gasteiger partial charge in [0.25, 0.3) is 0 Å². The molecule has 9 heteroatoms. The minimum Gasteiger partial charge on any atom is -0.449 e. The Morgan fingerprint density at radius 3 is 2.64 bits per heavy atom. The maximum Gasteiger partial charge on any atom is 0.389 e.